The van der Waals surface area contributed by atoms with Crippen LogP contribution in [0, 0.1) is 0 Å². The molecule has 6 nitrogen and oxygen atoms in total. The lowest BCUT2D eigenvalue weighted by atomic mass is 10.0. The Labute approximate surface area is 181 Å². The standard InChI is InChI=1S/C19H18F3N5OS.ClH/c1-18(2)6-10-4-12(24-8-15(10)28-18)14-9-29-17(26-14)27-16-13(23-3)5-11(7-25-16)19(20,21)22;/h4-5,7-9,23H,6H2,1-3H3,(H,25,26,27);1H. The third-order valence-electron chi connectivity index (χ3n) is 4.43. The smallest absolute Gasteiger partial charge is 0.417 e. The van der Waals surface area contributed by atoms with Gasteiger partial charge >= 0.3 is 6.18 Å². The molecule has 1 aliphatic rings. The number of hydrogen-bond acceptors (Lipinski definition) is 7. The molecule has 0 atom stereocenters. The van der Waals surface area contributed by atoms with E-state index in [1.165, 1.54) is 18.4 Å². The summed E-state index contributed by atoms with van der Waals surface area (Å²) in [7, 11) is 1.54. The molecule has 0 saturated carbocycles. The van der Waals surface area contributed by atoms with Crippen LogP contribution in [0.2, 0.25) is 0 Å². The number of pyridine rings is 2. The van der Waals surface area contributed by atoms with E-state index in [0.29, 0.717) is 16.5 Å². The minimum atomic E-state index is -4.46. The van der Waals surface area contributed by atoms with Crippen molar-refractivity contribution < 1.29 is 17.9 Å². The lowest BCUT2D eigenvalue weighted by Gasteiger charge is -2.16. The monoisotopic (exact) mass is 457 g/mol. The van der Waals surface area contributed by atoms with Gasteiger partial charge in [0.2, 0.25) is 0 Å². The van der Waals surface area contributed by atoms with Gasteiger partial charge in [0.05, 0.1) is 23.1 Å². The maximum atomic E-state index is 12.9. The summed E-state index contributed by atoms with van der Waals surface area (Å²) in [5, 5.41) is 8.04. The molecule has 3 aromatic rings. The first-order chi connectivity index (χ1) is 13.6. The van der Waals surface area contributed by atoms with Gasteiger partial charge in [-0.2, -0.15) is 13.2 Å². The predicted octanol–water partition coefficient (Wildman–Crippen LogP) is 5.54. The lowest BCUT2D eigenvalue weighted by molar-refractivity contribution is -0.137. The second-order valence-electron chi connectivity index (χ2n) is 7.25. The molecule has 0 radical (unpaired) electrons. The third kappa shape index (κ3) is 4.44. The average Bonchev–Trinajstić information content (AvgIpc) is 3.22. The zero-order valence-corrected chi connectivity index (χ0v) is 17.9. The van der Waals surface area contributed by atoms with E-state index in [0.717, 1.165) is 30.0 Å². The first-order valence-electron chi connectivity index (χ1n) is 8.80. The van der Waals surface area contributed by atoms with Crippen molar-refractivity contribution in [2.75, 3.05) is 17.7 Å². The van der Waals surface area contributed by atoms with Gasteiger partial charge in [-0.05, 0) is 26.0 Å². The SMILES string of the molecule is CNc1cc(C(F)(F)F)cnc1Nc1nc(-c2cc3c(cn2)OC(C)(C)C3)cs1.Cl. The van der Waals surface area contributed by atoms with Crippen LogP contribution in [0.3, 0.4) is 0 Å². The van der Waals surface area contributed by atoms with E-state index in [1.807, 2.05) is 25.3 Å². The van der Waals surface area contributed by atoms with E-state index in [4.69, 9.17) is 4.74 Å². The number of thiazole rings is 1. The molecule has 0 aromatic carbocycles. The molecule has 0 spiro atoms. The highest BCUT2D eigenvalue weighted by molar-refractivity contribution is 7.14. The van der Waals surface area contributed by atoms with Gasteiger partial charge in [-0.25, -0.2) is 9.97 Å². The summed E-state index contributed by atoms with van der Waals surface area (Å²) in [6.45, 7) is 4.04. The summed E-state index contributed by atoms with van der Waals surface area (Å²) in [5.74, 6) is 1.04. The lowest BCUT2D eigenvalue weighted by Crippen LogP contribution is -2.24. The van der Waals surface area contributed by atoms with Crippen molar-refractivity contribution in [3.8, 4) is 17.1 Å². The highest BCUT2D eigenvalue weighted by Crippen LogP contribution is 2.37. The van der Waals surface area contributed by atoms with Crippen LogP contribution in [0.4, 0.5) is 29.8 Å². The van der Waals surface area contributed by atoms with E-state index >= 15 is 0 Å². The Bertz CT molecular complexity index is 1070. The highest BCUT2D eigenvalue weighted by atomic mass is 35.5. The molecule has 3 aromatic heterocycles. The fourth-order valence-electron chi connectivity index (χ4n) is 3.11. The molecule has 0 unspecified atom stereocenters. The Balaban J connectivity index is 0.00000256. The quantitative estimate of drug-likeness (QED) is 0.536. The Morgan fingerprint density at radius 1 is 1.13 bits per heavy atom. The van der Waals surface area contributed by atoms with Gasteiger partial charge in [0.15, 0.2) is 10.9 Å². The van der Waals surface area contributed by atoms with E-state index < -0.39 is 11.7 Å². The molecular weight excluding hydrogens is 439 g/mol. The molecule has 4 heterocycles. The number of nitrogens with zero attached hydrogens (tertiary/aromatic N) is 3. The Morgan fingerprint density at radius 3 is 2.60 bits per heavy atom. The number of hydrogen-bond donors (Lipinski definition) is 2. The largest absolute Gasteiger partial charge is 0.486 e. The van der Waals surface area contributed by atoms with Gasteiger partial charge in [-0.3, -0.25) is 4.98 Å². The average molecular weight is 458 g/mol. The zero-order chi connectivity index (χ0) is 20.8. The van der Waals surface area contributed by atoms with Crippen molar-refractivity contribution in [3.63, 3.8) is 0 Å². The molecule has 11 heteroatoms. The second kappa shape index (κ2) is 7.92. The Hall–Kier alpha value is -2.59. The maximum Gasteiger partial charge on any atom is 0.417 e. The van der Waals surface area contributed by atoms with Crippen molar-refractivity contribution >= 4 is 40.4 Å². The van der Waals surface area contributed by atoms with Crippen LogP contribution in [0.25, 0.3) is 11.4 Å². The zero-order valence-electron chi connectivity index (χ0n) is 16.3. The normalized spacial score (nSPS) is 14.5. The van der Waals surface area contributed by atoms with Crippen molar-refractivity contribution in [2.24, 2.45) is 0 Å². The van der Waals surface area contributed by atoms with Gasteiger partial charge in [0.25, 0.3) is 0 Å². The predicted molar refractivity (Wildman–Crippen MR) is 113 cm³/mol. The number of halogens is 4. The molecular formula is C19H19ClF3N5OS. The maximum absolute atomic E-state index is 12.9. The molecule has 0 fully saturated rings. The minimum absolute atomic E-state index is 0. The van der Waals surface area contributed by atoms with Gasteiger partial charge in [0, 0.05) is 30.6 Å². The molecule has 30 heavy (non-hydrogen) atoms. The van der Waals surface area contributed by atoms with Crippen molar-refractivity contribution in [3.05, 3.63) is 41.0 Å². The highest BCUT2D eigenvalue weighted by Gasteiger charge is 2.32. The van der Waals surface area contributed by atoms with Crippen molar-refractivity contribution in [1.82, 2.24) is 15.0 Å². The summed E-state index contributed by atoms with van der Waals surface area (Å²) in [5.41, 5.74) is 1.61. The van der Waals surface area contributed by atoms with Crippen LogP contribution >= 0.6 is 23.7 Å². The first kappa shape index (κ1) is 22.1. The number of alkyl halides is 3. The number of anilines is 3. The third-order valence-corrected chi connectivity index (χ3v) is 5.18. The summed E-state index contributed by atoms with van der Waals surface area (Å²) < 4.78 is 44.5. The number of rotatable bonds is 4. The van der Waals surface area contributed by atoms with Crippen LogP contribution in [-0.2, 0) is 12.6 Å². The molecule has 0 aliphatic carbocycles. The number of ether oxygens (including phenoxy) is 1. The van der Waals surface area contributed by atoms with E-state index in [-0.39, 0.29) is 29.5 Å². The van der Waals surface area contributed by atoms with Crippen LogP contribution in [-0.4, -0.2) is 27.6 Å². The van der Waals surface area contributed by atoms with Gasteiger partial charge < -0.3 is 15.4 Å². The number of fused-ring (bicyclic) bond motifs is 1. The Morgan fingerprint density at radius 2 is 1.90 bits per heavy atom. The molecule has 4 rings (SSSR count). The van der Waals surface area contributed by atoms with Crippen LogP contribution < -0.4 is 15.4 Å². The molecule has 0 amide bonds. The van der Waals surface area contributed by atoms with E-state index in [2.05, 4.69) is 25.6 Å². The summed E-state index contributed by atoms with van der Waals surface area (Å²) in [6, 6.07) is 2.96. The van der Waals surface area contributed by atoms with E-state index in [9.17, 15) is 13.2 Å². The van der Waals surface area contributed by atoms with Crippen LogP contribution in [0.1, 0.15) is 25.0 Å². The molecule has 1 aliphatic heterocycles. The van der Waals surface area contributed by atoms with Gasteiger partial charge in [-0.15, -0.1) is 23.7 Å². The van der Waals surface area contributed by atoms with Crippen molar-refractivity contribution in [1.29, 1.82) is 0 Å². The Kier molecular flexibility index (Phi) is 5.83. The molecule has 0 bridgehead atoms. The van der Waals surface area contributed by atoms with Crippen molar-refractivity contribution in [2.45, 2.75) is 32.0 Å². The summed E-state index contributed by atoms with van der Waals surface area (Å²) in [6.07, 6.45) is -1.18. The molecule has 160 valence electrons. The minimum Gasteiger partial charge on any atom is -0.486 e. The topological polar surface area (TPSA) is 72.0 Å². The summed E-state index contributed by atoms with van der Waals surface area (Å²) >= 11 is 1.32. The number of aromatic nitrogens is 3. The molecule has 0 saturated heterocycles. The second-order valence-corrected chi connectivity index (χ2v) is 8.10. The van der Waals surface area contributed by atoms with Gasteiger partial charge in [0.1, 0.15) is 17.0 Å². The summed E-state index contributed by atoms with van der Waals surface area (Å²) in [4.78, 5) is 12.8. The fraction of sp³-hybridized carbons (Fsp3) is 0.316. The van der Waals surface area contributed by atoms with Gasteiger partial charge in [-0.1, -0.05) is 0 Å². The van der Waals surface area contributed by atoms with E-state index in [1.54, 1.807) is 6.20 Å². The fourth-order valence-corrected chi connectivity index (χ4v) is 3.81. The number of nitrogens with one attached hydrogen (secondary N) is 2. The molecule has 2 N–H and O–H groups in total. The van der Waals surface area contributed by atoms with Crippen LogP contribution in [0.5, 0.6) is 5.75 Å². The first-order valence-corrected chi connectivity index (χ1v) is 9.68. The van der Waals surface area contributed by atoms with Crippen LogP contribution in [0.15, 0.2) is 29.9 Å².